The minimum Gasteiger partial charge on any atom is -0.508 e. The molecule has 2 aromatic carbocycles. The summed E-state index contributed by atoms with van der Waals surface area (Å²) in [6, 6.07) is 10.00. The number of alkyl halides is 3. The van der Waals surface area contributed by atoms with E-state index in [1.54, 1.807) is 18.2 Å². The normalized spacial score (nSPS) is 11.8. The van der Waals surface area contributed by atoms with E-state index in [4.69, 9.17) is 11.6 Å². The second-order valence-corrected chi connectivity index (χ2v) is 4.63. The van der Waals surface area contributed by atoms with Gasteiger partial charge in [-0.25, -0.2) is 0 Å². The van der Waals surface area contributed by atoms with Crippen molar-refractivity contribution in [2.45, 2.75) is 6.36 Å². The number of rotatable bonds is 3. The van der Waals surface area contributed by atoms with E-state index >= 15 is 0 Å². The van der Waals surface area contributed by atoms with Gasteiger partial charge in [-0.1, -0.05) is 35.9 Å². The van der Waals surface area contributed by atoms with Crippen molar-refractivity contribution in [1.82, 2.24) is 0 Å². The lowest BCUT2D eigenvalue weighted by Crippen LogP contribution is -2.16. The zero-order chi connectivity index (χ0) is 15.5. The van der Waals surface area contributed by atoms with E-state index in [0.717, 1.165) is 0 Å². The van der Waals surface area contributed by atoms with Gasteiger partial charge in [0.2, 0.25) is 0 Å². The van der Waals surface area contributed by atoms with E-state index in [2.05, 4.69) is 4.74 Å². The van der Waals surface area contributed by atoms with E-state index in [0.29, 0.717) is 16.1 Å². The van der Waals surface area contributed by atoms with Crippen molar-refractivity contribution in [1.29, 1.82) is 0 Å². The molecule has 0 saturated carbocycles. The van der Waals surface area contributed by atoms with Crippen LogP contribution in [0.15, 0.2) is 42.5 Å². The predicted molar refractivity (Wildman–Crippen MR) is 75.2 cm³/mol. The highest BCUT2D eigenvalue weighted by Crippen LogP contribution is 2.24. The summed E-state index contributed by atoms with van der Waals surface area (Å²) in [5.74, 6) is -0.240. The fraction of sp³-hybridized carbons (Fsp3) is 0.0667. The summed E-state index contributed by atoms with van der Waals surface area (Å²) in [6.07, 6.45) is -1.33. The Morgan fingerprint density at radius 3 is 2.14 bits per heavy atom. The van der Waals surface area contributed by atoms with E-state index in [-0.39, 0.29) is 11.5 Å². The maximum atomic E-state index is 12.0. The molecule has 0 aliphatic heterocycles. The molecule has 110 valence electrons. The van der Waals surface area contributed by atoms with E-state index < -0.39 is 6.36 Å². The number of aromatic hydroxyl groups is 1. The van der Waals surface area contributed by atoms with E-state index in [9.17, 15) is 18.3 Å². The number of hydrogen-bond donors (Lipinski definition) is 1. The van der Waals surface area contributed by atoms with Gasteiger partial charge in [-0.15, -0.1) is 13.2 Å². The SMILES string of the molecule is Oc1cc(Cl)cc(/C=C/c2ccc(OC(F)(F)F)cc2)c1. The molecule has 0 aliphatic carbocycles. The molecule has 1 N–H and O–H groups in total. The fourth-order valence-electron chi connectivity index (χ4n) is 1.67. The maximum Gasteiger partial charge on any atom is 0.573 e. The Kier molecular flexibility index (Phi) is 4.43. The van der Waals surface area contributed by atoms with Crippen LogP contribution in [0, 0.1) is 0 Å². The molecule has 0 heterocycles. The third-order valence-electron chi connectivity index (χ3n) is 2.49. The lowest BCUT2D eigenvalue weighted by Gasteiger charge is -2.08. The molecule has 6 heteroatoms. The van der Waals surface area contributed by atoms with Gasteiger partial charge in [-0.2, -0.15) is 0 Å². The zero-order valence-electron chi connectivity index (χ0n) is 10.6. The van der Waals surface area contributed by atoms with E-state index in [1.165, 1.54) is 36.4 Å². The van der Waals surface area contributed by atoms with Crippen molar-refractivity contribution in [2.24, 2.45) is 0 Å². The van der Waals surface area contributed by atoms with Gasteiger partial charge >= 0.3 is 6.36 Å². The molecule has 0 atom stereocenters. The first-order chi connectivity index (χ1) is 9.82. The summed E-state index contributed by atoms with van der Waals surface area (Å²) in [5, 5.41) is 9.79. The lowest BCUT2D eigenvalue weighted by molar-refractivity contribution is -0.274. The van der Waals surface area contributed by atoms with Gasteiger partial charge in [0, 0.05) is 5.02 Å². The minimum absolute atomic E-state index is 0.0380. The Labute approximate surface area is 124 Å². The Morgan fingerprint density at radius 1 is 0.952 bits per heavy atom. The molecule has 2 rings (SSSR count). The third-order valence-corrected chi connectivity index (χ3v) is 2.71. The van der Waals surface area contributed by atoms with Gasteiger partial charge in [-0.3, -0.25) is 0 Å². The highest BCUT2D eigenvalue weighted by atomic mass is 35.5. The summed E-state index contributed by atoms with van der Waals surface area (Å²) < 4.78 is 39.8. The van der Waals surface area contributed by atoms with Gasteiger partial charge < -0.3 is 9.84 Å². The molecule has 0 saturated heterocycles. The van der Waals surface area contributed by atoms with Crippen LogP contribution < -0.4 is 4.74 Å². The highest BCUT2D eigenvalue weighted by Gasteiger charge is 2.30. The summed E-state index contributed by atoms with van der Waals surface area (Å²) in [4.78, 5) is 0. The Hall–Kier alpha value is -2.14. The summed E-state index contributed by atoms with van der Waals surface area (Å²) in [6.45, 7) is 0. The smallest absolute Gasteiger partial charge is 0.508 e. The number of halogens is 4. The van der Waals surface area contributed by atoms with Crippen LogP contribution >= 0.6 is 11.6 Å². The number of benzene rings is 2. The van der Waals surface area contributed by atoms with Crippen LogP contribution in [-0.4, -0.2) is 11.5 Å². The number of ether oxygens (including phenoxy) is 1. The zero-order valence-corrected chi connectivity index (χ0v) is 11.3. The van der Waals surface area contributed by atoms with Crippen molar-refractivity contribution < 1.29 is 23.0 Å². The first-order valence-corrected chi connectivity index (χ1v) is 6.23. The van der Waals surface area contributed by atoms with Crippen LogP contribution in [0.1, 0.15) is 11.1 Å². The van der Waals surface area contributed by atoms with Crippen LogP contribution in [0.4, 0.5) is 13.2 Å². The Balaban J connectivity index is 2.11. The molecule has 0 spiro atoms. The first-order valence-electron chi connectivity index (χ1n) is 5.85. The van der Waals surface area contributed by atoms with Gasteiger partial charge in [0.25, 0.3) is 0 Å². The van der Waals surface area contributed by atoms with Crippen molar-refractivity contribution in [2.75, 3.05) is 0 Å². The van der Waals surface area contributed by atoms with Crippen molar-refractivity contribution in [3.05, 3.63) is 58.6 Å². The van der Waals surface area contributed by atoms with Crippen LogP contribution in [0.2, 0.25) is 5.02 Å². The topological polar surface area (TPSA) is 29.5 Å². The number of phenols is 1. The summed E-state index contributed by atoms with van der Waals surface area (Å²) >= 11 is 5.80. The molecule has 2 aromatic rings. The fourth-order valence-corrected chi connectivity index (χ4v) is 1.90. The second kappa shape index (κ2) is 6.10. The monoisotopic (exact) mass is 314 g/mol. The molecule has 0 unspecified atom stereocenters. The average molecular weight is 315 g/mol. The molecule has 0 bridgehead atoms. The van der Waals surface area contributed by atoms with Crippen molar-refractivity contribution >= 4 is 23.8 Å². The lowest BCUT2D eigenvalue weighted by atomic mass is 10.1. The van der Waals surface area contributed by atoms with Gasteiger partial charge in [0.1, 0.15) is 11.5 Å². The quantitative estimate of drug-likeness (QED) is 0.797. The standard InChI is InChI=1S/C15H10ClF3O2/c16-12-7-11(8-13(20)9-12)2-1-10-3-5-14(6-4-10)21-15(17,18)19/h1-9,20H/b2-1+. The highest BCUT2D eigenvalue weighted by molar-refractivity contribution is 6.30. The molecular formula is C15H10ClF3O2. The second-order valence-electron chi connectivity index (χ2n) is 4.19. The van der Waals surface area contributed by atoms with Crippen LogP contribution in [-0.2, 0) is 0 Å². The molecule has 0 aromatic heterocycles. The van der Waals surface area contributed by atoms with Gasteiger partial charge in [-0.05, 0) is 41.5 Å². The molecule has 2 nitrogen and oxygen atoms in total. The summed E-state index contributed by atoms with van der Waals surface area (Å²) in [7, 11) is 0. The first kappa shape index (κ1) is 15.3. The molecular weight excluding hydrogens is 305 g/mol. The van der Waals surface area contributed by atoms with Crippen LogP contribution in [0.25, 0.3) is 12.2 Å². The van der Waals surface area contributed by atoms with Gasteiger partial charge in [0.05, 0.1) is 0 Å². The maximum absolute atomic E-state index is 12.0. The third kappa shape index (κ3) is 5.04. The largest absolute Gasteiger partial charge is 0.573 e. The van der Waals surface area contributed by atoms with E-state index in [1.807, 2.05) is 0 Å². The predicted octanol–water partition coefficient (Wildman–Crippen LogP) is 5.11. The molecule has 0 aliphatic rings. The van der Waals surface area contributed by atoms with Crippen molar-refractivity contribution in [3.8, 4) is 11.5 Å². The molecule has 21 heavy (non-hydrogen) atoms. The molecule has 0 amide bonds. The van der Waals surface area contributed by atoms with Crippen LogP contribution in [0.5, 0.6) is 11.5 Å². The number of phenolic OH excluding ortho intramolecular Hbond substituents is 1. The Bertz CT molecular complexity index is 629. The minimum atomic E-state index is -4.70. The summed E-state index contributed by atoms with van der Waals surface area (Å²) in [5.41, 5.74) is 1.36. The number of hydrogen-bond acceptors (Lipinski definition) is 2. The molecule has 0 radical (unpaired) electrons. The van der Waals surface area contributed by atoms with Crippen LogP contribution in [0.3, 0.4) is 0 Å². The Morgan fingerprint density at radius 2 is 1.57 bits per heavy atom. The van der Waals surface area contributed by atoms with Crippen molar-refractivity contribution in [3.63, 3.8) is 0 Å². The average Bonchev–Trinajstić information content (AvgIpc) is 2.35. The molecule has 0 fully saturated rings. The van der Waals surface area contributed by atoms with Gasteiger partial charge in [0.15, 0.2) is 0 Å².